The molecule has 1 aromatic rings. The summed E-state index contributed by atoms with van der Waals surface area (Å²) in [5, 5.41) is 9.25. The van der Waals surface area contributed by atoms with E-state index < -0.39 is 5.41 Å². The van der Waals surface area contributed by atoms with Crippen LogP contribution in [-0.4, -0.2) is 24.3 Å². The maximum atomic E-state index is 11.7. The molecule has 15 heavy (non-hydrogen) atoms. The van der Waals surface area contributed by atoms with Gasteiger partial charge in [-0.25, -0.2) is 0 Å². The first kappa shape index (κ1) is 10.2. The van der Waals surface area contributed by atoms with E-state index in [0.717, 1.165) is 5.56 Å². The predicted molar refractivity (Wildman–Crippen MR) is 55.3 cm³/mol. The molecule has 1 aromatic carbocycles. The van der Waals surface area contributed by atoms with Crippen molar-refractivity contribution in [2.24, 2.45) is 5.92 Å². The summed E-state index contributed by atoms with van der Waals surface area (Å²) in [5.74, 6) is -0.389. The molecule has 1 heterocycles. The highest BCUT2D eigenvalue weighted by atomic mass is 16.5. The van der Waals surface area contributed by atoms with Crippen molar-refractivity contribution in [2.45, 2.75) is 12.3 Å². The topological polar surface area (TPSA) is 46.5 Å². The van der Waals surface area contributed by atoms with Gasteiger partial charge in [0, 0.05) is 5.92 Å². The molecule has 0 unspecified atom stereocenters. The number of hydrogen-bond donors (Lipinski definition) is 1. The van der Waals surface area contributed by atoms with Gasteiger partial charge in [-0.15, -0.1) is 0 Å². The molecule has 1 saturated heterocycles. The molecule has 3 heteroatoms. The second kappa shape index (κ2) is 3.66. The number of hydrogen-bond acceptors (Lipinski definition) is 3. The molecule has 1 aliphatic heterocycles. The van der Waals surface area contributed by atoms with Crippen LogP contribution in [0.4, 0.5) is 0 Å². The van der Waals surface area contributed by atoms with Gasteiger partial charge in [-0.3, -0.25) is 4.79 Å². The highest BCUT2D eigenvalue weighted by Crippen LogP contribution is 2.38. The van der Waals surface area contributed by atoms with Gasteiger partial charge < -0.3 is 9.84 Å². The Labute approximate surface area is 88.7 Å². The summed E-state index contributed by atoms with van der Waals surface area (Å²) in [6.07, 6.45) is 0. The molecule has 0 spiro atoms. The van der Waals surface area contributed by atoms with Gasteiger partial charge in [0.15, 0.2) is 0 Å². The van der Waals surface area contributed by atoms with Crippen LogP contribution in [0.25, 0.3) is 0 Å². The molecule has 0 amide bonds. The third-order valence-electron chi connectivity index (χ3n) is 3.25. The largest absolute Gasteiger partial charge is 0.465 e. The number of esters is 1. The van der Waals surface area contributed by atoms with Crippen LogP contribution in [0, 0.1) is 5.92 Å². The Bertz CT molecular complexity index is 360. The van der Waals surface area contributed by atoms with Gasteiger partial charge >= 0.3 is 5.97 Å². The maximum Gasteiger partial charge on any atom is 0.316 e. The second-order valence-electron chi connectivity index (χ2n) is 4.05. The van der Waals surface area contributed by atoms with Crippen LogP contribution in [0.5, 0.6) is 0 Å². The lowest BCUT2D eigenvalue weighted by atomic mass is 9.74. The summed E-state index contributed by atoms with van der Waals surface area (Å²) >= 11 is 0. The zero-order valence-corrected chi connectivity index (χ0v) is 8.64. The van der Waals surface area contributed by atoms with Crippen molar-refractivity contribution in [2.75, 3.05) is 13.2 Å². The normalized spacial score (nSPS) is 30.3. The van der Waals surface area contributed by atoms with Crippen molar-refractivity contribution in [3.63, 3.8) is 0 Å². The van der Waals surface area contributed by atoms with Gasteiger partial charge in [0.25, 0.3) is 0 Å². The average Bonchev–Trinajstić information content (AvgIpc) is 2.58. The van der Waals surface area contributed by atoms with E-state index in [2.05, 4.69) is 0 Å². The van der Waals surface area contributed by atoms with Gasteiger partial charge in [-0.05, 0) is 12.5 Å². The highest BCUT2D eigenvalue weighted by molar-refractivity contribution is 5.85. The third kappa shape index (κ3) is 1.43. The highest BCUT2D eigenvalue weighted by Gasteiger charge is 2.49. The Balaban J connectivity index is 2.43. The predicted octanol–water partition coefficient (Wildman–Crippen LogP) is 1.11. The number of aliphatic hydroxyl groups is 1. The van der Waals surface area contributed by atoms with E-state index in [1.165, 1.54) is 0 Å². The standard InChI is InChI=1S/C12H14O3/c1-12(9-5-3-2-4-6-9)10(7-13)8-15-11(12)14/h2-6,10,13H,7-8H2,1H3/t10-,12+/m0/s1. The van der Waals surface area contributed by atoms with Crippen LogP contribution in [0.3, 0.4) is 0 Å². The SMILES string of the molecule is C[C@]1(c2ccccc2)C(=O)OC[C@@H]1CO. The number of aliphatic hydroxyl groups excluding tert-OH is 1. The van der Waals surface area contributed by atoms with Crippen LogP contribution in [0.15, 0.2) is 30.3 Å². The Morgan fingerprint density at radius 2 is 2.13 bits per heavy atom. The summed E-state index contributed by atoms with van der Waals surface area (Å²) < 4.78 is 5.03. The first-order valence-corrected chi connectivity index (χ1v) is 5.03. The van der Waals surface area contributed by atoms with Crippen LogP contribution in [0.1, 0.15) is 12.5 Å². The lowest BCUT2D eigenvalue weighted by Gasteiger charge is -2.25. The van der Waals surface area contributed by atoms with E-state index in [9.17, 15) is 9.90 Å². The number of carbonyl (C=O) groups is 1. The lowest BCUT2D eigenvalue weighted by Crippen LogP contribution is -2.36. The van der Waals surface area contributed by atoms with Gasteiger partial charge in [0.2, 0.25) is 0 Å². The molecule has 2 rings (SSSR count). The van der Waals surface area contributed by atoms with Crippen molar-refractivity contribution in [1.82, 2.24) is 0 Å². The van der Waals surface area contributed by atoms with Crippen LogP contribution in [-0.2, 0) is 14.9 Å². The summed E-state index contributed by atoms with van der Waals surface area (Å²) in [6, 6.07) is 9.48. The summed E-state index contributed by atoms with van der Waals surface area (Å²) in [6.45, 7) is 2.11. The monoisotopic (exact) mass is 206 g/mol. The lowest BCUT2D eigenvalue weighted by molar-refractivity contribution is -0.142. The summed E-state index contributed by atoms with van der Waals surface area (Å²) in [4.78, 5) is 11.7. The van der Waals surface area contributed by atoms with Gasteiger partial charge in [0.1, 0.15) is 0 Å². The molecule has 80 valence electrons. The molecular formula is C12H14O3. The van der Waals surface area contributed by atoms with Crippen LogP contribution >= 0.6 is 0 Å². The fraction of sp³-hybridized carbons (Fsp3) is 0.417. The molecule has 0 bridgehead atoms. The van der Waals surface area contributed by atoms with Crippen LogP contribution in [0.2, 0.25) is 0 Å². The molecule has 0 aromatic heterocycles. The summed E-state index contributed by atoms with van der Waals surface area (Å²) in [7, 11) is 0. The smallest absolute Gasteiger partial charge is 0.316 e. The molecule has 1 fully saturated rings. The zero-order chi connectivity index (χ0) is 10.9. The minimum atomic E-state index is -0.698. The maximum absolute atomic E-state index is 11.7. The van der Waals surface area contributed by atoms with Gasteiger partial charge in [-0.2, -0.15) is 0 Å². The minimum absolute atomic E-state index is 0.0306. The first-order chi connectivity index (χ1) is 7.19. The number of rotatable bonds is 2. The van der Waals surface area contributed by atoms with E-state index in [-0.39, 0.29) is 18.5 Å². The van der Waals surface area contributed by atoms with Crippen molar-refractivity contribution in [1.29, 1.82) is 0 Å². The zero-order valence-electron chi connectivity index (χ0n) is 8.64. The summed E-state index contributed by atoms with van der Waals surface area (Å²) in [5.41, 5.74) is 0.210. The average molecular weight is 206 g/mol. The molecule has 1 N–H and O–H groups in total. The van der Waals surface area contributed by atoms with Crippen LogP contribution < -0.4 is 0 Å². The van der Waals surface area contributed by atoms with E-state index in [1.807, 2.05) is 37.3 Å². The number of cyclic esters (lactones) is 1. The van der Waals surface area contributed by atoms with Crippen molar-refractivity contribution in [3.05, 3.63) is 35.9 Å². The molecule has 0 radical (unpaired) electrons. The molecule has 2 atom stereocenters. The molecule has 1 aliphatic rings. The molecule has 0 aliphatic carbocycles. The molecule has 0 saturated carbocycles. The van der Waals surface area contributed by atoms with Gasteiger partial charge in [-0.1, -0.05) is 30.3 Å². The van der Waals surface area contributed by atoms with E-state index in [4.69, 9.17) is 4.74 Å². The first-order valence-electron chi connectivity index (χ1n) is 5.03. The Morgan fingerprint density at radius 3 is 2.73 bits per heavy atom. The number of carbonyl (C=O) groups excluding carboxylic acids is 1. The van der Waals surface area contributed by atoms with Crippen molar-refractivity contribution in [3.8, 4) is 0 Å². The molecule has 3 nitrogen and oxygen atoms in total. The Kier molecular flexibility index (Phi) is 2.49. The molecular weight excluding hydrogens is 192 g/mol. The quantitative estimate of drug-likeness (QED) is 0.737. The second-order valence-corrected chi connectivity index (χ2v) is 4.05. The number of benzene rings is 1. The Hall–Kier alpha value is -1.35. The third-order valence-corrected chi connectivity index (χ3v) is 3.25. The fourth-order valence-electron chi connectivity index (χ4n) is 2.03. The number of ether oxygens (including phenoxy) is 1. The van der Waals surface area contributed by atoms with Crippen molar-refractivity contribution >= 4 is 5.97 Å². The van der Waals surface area contributed by atoms with Crippen molar-refractivity contribution < 1.29 is 14.6 Å². The van der Waals surface area contributed by atoms with E-state index in [0.29, 0.717) is 6.61 Å². The van der Waals surface area contributed by atoms with Gasteiger partial charge in [0.05, 0.1) is 18.6 Å². The van der Waals surface area contributed by atoms with E-state index in [1.54, 1.807) is 0 Å². The Morgan fingerprint density at radius 1 is 1.47 bits per heavy atom. The minimum Gasteiger partial charge on any atom is -0.465 e. The fourth-order valence-corrected chi connectivity index (χ4v) is 2.03. The van der Waals surface area contributed by atoms with E-state index >= 15 is 0 Å².